The maximum Gasteiger partial charge on any atom is 0.173 e. The Hall–Kier alpha value is -1.06. The fraction of sp³-hybridized carbons (Fsp3) is 0.714. The van der Waals surface area contributed by atoms with Crippen LogP contribution in [0.25, 0.3) is 0 Å². The first-order valence-corrected chi connectivity index (χ1v) is 3.70. The topological polar surface area (TPSA) is 44.7 Å². The van der Waals surface area contributed by atoms with Gasteiger partial charge < -0.3 is 5.32 Å². The molecule has 1 rings (SSSR count). The lowest BCUT2D eigenvalue weighted by Gasteiger charge is -2.22. The van der Waals surface area contributed by atoms with Crippen molar-refractivity contribution in [3.05, 3.63) is 0 Å². The highest BCUT2D eigenvalue weighted by Crippen LogP contribution is 2.07. The Morgan fingerprint density at radius 2 is 2.36 bits per heavy atom. The molecule has 0 spiro atoms. The first-order valence-electron chi connectivity index (χ1n) is 3.70. The van der Waals surface area contributed by atoms with Crippen molar-refractivity contribution in [3.63, 3.8) is 0 Å². The van der Waals surface area contributed by atoms with Crippen molar-refractivity contribution in [1.82, 2.24) is 10.3 Å². The van der Waals surface area contributed by atoms with E-state index >= 15 is 0 Å². The van der Waals surface area contributed by atoms with E-state index in [9.17, 15) is 4.79 Å². The number of hydrogen-bond acceptors (Lipinski definition) is 4. The Morgan fingerprint density at radius 1 is 1.73 bits per heavy atom. The molecule has 0 fully saturated rings. The van der Waals surface area contributed by atoms with Gasteiger partial charge in [-0.25, -0.2) is 0 Å². The molecule has 11 heavy (non-hydrogen) atoms. The number of hydrogen-bond donors (Lipinski definition) is 1. The zero-order valence-corrected chi connectivity index (χ0v) is 7.03. The summed E-state index contributed by atoms with van der Waals surface area (Å²) in [7, 11) is 0. The smallest absolute Gasteiger partial charge is 0.173 e. The molecule has 0 bridgehead atoms. The van der Waals surface area contributed by atoms with E-state index in [-0.39, 0.29) is 12.2 Å². The van der Waals surface area contributed by atoms with Crippen molar-refractivity contribution in [2.24, 2.45) is 5.10 Å². The quantitative estimate of drug-likeness (QED) is 0.578. The molecule has 0 radical (unpaired) electrons. The molecule has 1 unspecified atom stereocenters. The normalized spacial score (nSPS) is 23.5. The van der Waals surface area contributed by atoms with Crippen molar-refractivity contribution in [1.29, 1.82) is 0 Å². The zero-order chi connectivity index (χ0) is 8.43. The SMILES string of the molecule is CC1=NN(C(C)C)C(C=O)N1. The number of hydrazone groups is 1. The summed E-state index contributed by atoms with van der Waals surface area (Å²) in [6.07, 6.45) is 0.593. The van der Waals surface area contributed by atoms with E-state index in [1.807, 2.05) is 20.8 Å². The minimum Gasteiger partial charge on any atom is -0.345 e. The molecular weight excluding hydrogens is 142 g/mol. The number of rotatable bonds is 2. The zero-order valence-electron chi connectivity index (χ0n) is 7.03. The summed E-state index contributed by atoms with van der Waals surface area (Å²) in [6, 6.07) is 0.259. The van der Waals surface area contributed by atoms with Gasteiger partial charge >= 0.3 is 0 Å². The molecular formula is C7H13N3O. The van der Waals surface area contributed by atoms with E-state index in [2.05, 4.69) is 10.4 Å². The number of nitrogens with one attached hydrogen (secondary N) is 1. The molecule has 1 aliphatic rings. The van der Waals surface area contributed by atoms with Crippen LogP contribution in [0.1, 0.15) is 20.8 Å². The molecule has 1 aliphatic heterocycles. The van der Waals surface area contributed by atoms with Crippen LogP contribution in [-0.2, 0) is 4.79 Å². The van der Waals surface area contributed by atoms with Gasteiger partial charge in [0.2, 0.25) is 0 Å². The van der Waals surface area contributed by atoms with Crippen LogP contribution in [0.3, 0.4) is 0 Å². The maximum absolute atomic E-state index is 10.5. The molecule has 0 aliphatic carbocycles. The number of aldehydes is 1. The second-order valence-electron chi connectivity index (χ2n) is 2.88. The Labute approximate surface area is 66.3 Å². The first-order chi connectivity index (χ1) is 5.15. The van der Waals surface area contributed by atoms with Crippen LogP contribution in [0.2, 0.25) is 0 Å². The van der Waals surface area contributed by atoms with Crippen molar-refractivity contribution < 1.29 is 4.79 Å². The largest absolute Gasteiger partial charge is 0.345 e. The van der Waals surface area contributed by atoms with Crippen LogP contribution >= 0.6 is 0 Å². The Morgan fingerprint density at radius 3 is 2.73 bits per heavy atom. The summed E-state index contributed by atoms with van der Waals surface area (Å²) in [5, 5.41) is 8.84. The number of amidine groups is 1. The molecule has 0 saturated heterocycles. The van der Waals surface area contributed by atoms with Crippen LogP contribution in [0, 0.1) is 0 Å². The maximum atomic E-state index is 10.5. The molecule has 62 valence electrons. The summed E-state index contributed by atoms with van der Waals surface area (Å²) in [5.74, 6) is 0.802. The molecule has 0 aromatic heterocycles. The fourth-order valence-corrected chi connectivity index (χ4v) is 1.08. The van der Waals surface area contributed by atoms with Gasteiger partial charge in [0.1, 0.15) is 5.84 Å². The molecule has 1 N–H and O–H groups in total. The Kier molecular flexibility index (Phi) is 2.12. The van der Waals surface area contributed by atoms with E-state index < -0.39 is 0 Å². The lowest BCUT2D eigenvalue weighted by atomic mass is 10.3. The van der Waals surface area contributed by atoms with Gasteiger partial charge in [0.25, 0.3) is 0 Å². The van der Waals surface area contributed by atoms with Gasteiger partial charge in [0.15, 0.2) is 12.5 Å². The van der Waals surface area contributed by atoms with Gasteiger partial charge in [-0.3, -0.25) is 9.80 Å². The predicted octanol–water partition coefficient (Wildman–Crippen LogP) is 0.158. The summed E-state index contributed by atoms with van der Waals surface area (Å²) < 4.78 is 0. The van der Waals surface area contributed by atoms with Crippen molar-refractivity contribution >= 4 is 12.1 Å². The van der Waals surface area contributed by atoms with Gasteiger partial charge in [-0.05, 0) is 20.8 Å². The third-order valence-electron chi connectivity index (χ3n) is 1.57. The summed E-state index contributed by atoms with van der Waals surface area (Å²) in [6.45, 7) is 5.85. The van der Waals surface area contributed by atoms with Crippen molar-refractivity contribution in [2.45, 2.75) is 33.0 Å². The fourth-order valence-electron chi connectivity index (χ4n) is 1.08. The molecule has 0 saturated carbocycles. The third-order valence-corrected chi connectivity index (χ3v) is 1.57. The van der Waals surface area contributed by atoms with Crippen LogP contribution < -0.4 is 5.32 Å². The monoisotopic (exact) mass is 155 g/mol. The van der Waals surface area contributed by atoms with Crippen LogP contribution in [0.5, 0.6) is 0 Å². The highest BCUT2D eigenvalue weighted by Gasteiger charge is 2.24. The number of carbonyl (C=O) groups excluding carboxylic acids is 1. The van der Waals surface area contributed by atoms with Gasteiger partial charge in [-0.2, -0.15) is 5.10 Å². The second kappa shape index (κ2) is 2.90. The molecule has 0 amide bonds. The van der Waals surface area contributed by atoms with Crippen molar-refractivity contribution in [2.75, 3.05) is 0 Å². The van der Waals surface area contributed by atoms with E-state index in [1.54, 1.807) is 5.01 Å². The lowest BCUT2D eigenvalue weighted by Crippen LogP contribution is -2.41. The number of nitrogens with zero attached hydrogens (tertiary/aromatic N) is 2. The van der Waals surface area contributed by atoms with Gasteiger partial charge in [0, 0.05) is 6.04 Å². The Bertz CT molecular complexity index is 188. The molecule has 0 aromatic rings. The summed E-state index contributed by atoms with van der Waals surface area (Å²) in [5.41, 5.74) is 0. The van der Waals surface area contributed by atoms with E-state index in [0.29, 0.717) is 0 Å². The minimum absolute atomic E-state index is 0.259. The van der Waals surface area contributed by atoms with Crippen molar-refractivity contribution in [3.8, 4) is 0 Å². The van der Waals surface area contributed by atoms with Gasteiger partial charge in [-0.1, -0.05) is 0 Å². The summed E-state index contributed by atoms with van der Waals surface area (Å²) in [4.78, 5) is 10.5. The first kappa shape index (κ1) is 8.04. The third kappa shape index (κ3) is 1.50. The standard InChI is InChI=1S/C7H13N3O/c1-5(2)10-7(4-11)8-6(3)9-10/h4-5,7H,1-3H3,(H,8,9). The molecule has 1 heterocycles. The Balaban J connectivity index is 2.68. The van der Waals surface area contributed by atoms with Gasteiger partial charge in [-0.15, -0.1) is 0 Å². The van der Waals surface area contributed by atoms with Crippen LogP contribution in [0.15, 0.2) is 5.10 Å². The molecule has 1 atom stereocenters. The molecule has 4 nitrogen and oxygen atoms in total. The highest BCUT2D eigenvalue weighted by molar-refractivity contribution is 5.84. The lowest BCUT2D eigenvalue weighted by molar-refractivity contribution is -0.113. The average Bonchev–Trinajstić information content (AvgIpc) is 2.30. The van der Waals surface area contributed by atoms with E-state index in [4.69, 9.17) is 0 Å². The molecule has 0 aromatic carbocycles. The minimum atomic E-state index is -0.269. The van der Waals surface area contributed by atoms with E-state index in [1.165, 1.54) is 0 Å². The van der Waals surface area contributed by atoms with Crippen LogP contribution in [-0.4, -0.2) is 29.3 Å². The number of carbonyl (C=O) groups is 1. The van der Waals surface area contributed by atoms with Crippen LogP contribution in [0.4, 0.5) is 0 Å². The predicted molar refractivity (Wildman–Crippen MR) is 43.1 cm³/mol. The second-order valence-corrected chi connectivity index (χ2v) is 2.88. The average molecular weight is 155 g/mol. The summed E-state index contributed by atoms with van der Waals surface area (Å²) >= 11 is 0. The highest BCUT2D eigenvalue weighted by atomic mass is 16.1. The van der Waals surface area contributed by atoms with Gasteiger partial charge in [0.05, 0.1) is 0 Å². The molecule has 4 heteroatoms. The van der Waals surface area contributed by atoms with E-state index in [0.717, 1.165) is 12.1 Å².